The van der Waals surface area contributed by atoms with E-state index in [4.69, 9.17) is 9.47 Å². The third-order valence-corrected chi connectivity index (χ3v) is 6.36. The molecule has 0 saturated heterocycles. The molecule has 0 spiro atoms. The van der Waals surface area contributed by atoms with Gasteiger partial charge in [-0.15, -0.1) is 21.5 Å². The summed E-state index contributed by atoms with van der Waals surface area (Å²) in [4.78, 5) is 25.3. The van der Waals surface area contributed by atoms with E-state index >= 15 is 0 Å². The zero-order chi connectivity index (χ0) is 24.6. The quantitative estimate of drug-likeness (QED) is 0.157. The maximum Gasteiger partial charge on any atom is 0.353 e. The fourth-order valence-corrected chi connectivity index (χ4v) is 4.40. The molecular weight excluding hydrogens is 484 g/mol. The number of hydrogen-bond donors (Lipinski definition) is 1. The number of rotatable bonds is 8. The van der Waals surface area contributed by atoms with Gasteiger partial charge in [-0.25, -0.2) is 4.79 Å². The summed E-state index contributed by atoms with van der Waals surface area (Å²) >= 11 is 2.51. The summed E-state index contributed by atoms with van der Waals surface area (Å²) in [6.45, 7) is 0. The van der Waals surface area contributed by atoms with Gasteiger partial charge in [0.1, 0.15) is 21.5 Å². The normalized spacial score (nSPS) is 10.9. The van der Waals surface area contributed by atoms with E-state index in [1.54, 1.807) is 35.7 Å². The molecule has 0 aliphatic rings. The first-order chi connectivity index (χ1) is 17.1. The number of nitrogens with one attached hydrogen (secondary N) is 1. The van der Waals surface area contributed by atoms with Crippen molar-refractivity contribution in [2.24, 2.45) is 0 Å². The number of amides is 1. The van der Waals surface area contributed by atoms with Gasteiger partial charge in [-0.3, -0.25) is 10.1 Å². The molecule has 0 fully saturated rings. The second-order valence-electron chi connectivity index (χ2n) is 7.06. The van der Waals surface area contributed by atoms with E-state index in [1.165, 1.54) is 35.9 Å². The van der Waals surface area contributed by atoms with Crippen molar-refractivity contribution >= 4 is 45.8 Å². The van der Waals surface area contributed by atoms with Crippen LogP contribution in [0.5, 0.6) is 11.5 Å². The van der Waals surface area contributed by atoms with Crippen LogP contribution in [0.2, 0.25) is 0 Å². The largest absolute Gasteiger partial charge is 0.493 e. The van der Waals surface area contributed by atoms with Crippen LogP contribution in [0.15, 0.2) is 71.6 Å². The SMILES string of the molecule is COc1cc(C=C(C#N)C(=O)Nc2nnc(Cc3ccccc3)s2)ccc1OC(=O)c1cccs1. The Kier molecular flexibility index (Phi) is 7.62. The van der Waals surface area contributed by atoms with Crippen LogP contribution in [0.25, 0.3) is 6.08 Å². The standard InChI is InChI=1S/C25H18N4O4S2/c1-32-20-13-17(9-10-19(20)33-24(31)21-8-5-11-34-21)12-18(15-26)23(30)27-25-29-28-22(35-25)14-16-6-3-2-4-7-16/h2-13H,14H2,1H3,(H,27,29,30). The van der Waals surface area contributed by atoms with Crippen molar-refractivity contribution in [1.82, 2.24) is 10.2 Å². The summed E-state index contributed by atoms with van der Waals surface area (Å²) < 4.78 is 10.7. The van der Waals surface area contributed by atoms with E-state index < -0.39 is 11.9 Å². The molecule has 1 amide bonds. The summed E-state index contributed by atoms with van der Waals surface area (Å²) in [6.07, 6.45) is 2.01. The lowest BCUT2D eigenvalue weighted by molar-refractivity contribution is -0.112. The molecule has 0 radical (unpaired) electrons. The van der Waals surface area contributed by atoms with E-state index in [9.17, 15) is 14.9 Å². The Balaban J connectivity index is 1.45. The summed E-state index contributed by atoms with van der Waals surface area (Å²) in [6, 6.07) is 19.9. The molecule has 2 aromatic carbocycles. The number of carbonyl (C=O) groups excluding carboxylic acids is 2. The highest BCUT2D eigenvalue weighted by molar-refractivity contribution is 7.15. The van der Waals surface area contributed by atoms with Gasteiger partial charge >= 0.3 is 5.97 Å². The van der Waals surface area contributed by atoms with Crippen LogP contribution in [0.3, 0.4) is 0 Å². The minimum atomic E-state index is -0.609. The molecule has 4 aromatic rings. The maximum absolute atomic E-state index is 12.7. The van der Waals surface area contributed by atoms with Gasteiger partial charge < -0.3 is 9.47 Å². The number of ether oxygens (including phenoxy) is 2. The van der Waals surface area contributed by atoms with Crippen LogP contribution in [0.4, 0.5) is 5.13 Å². The van der Waals surface area contributed by atoms with Crippen molar-refractivity contribution in [2.45, 2.75) is 6.42 Å². The summed E-state index contributed by atoms with van der Waals surface area (Å²) in [5.74, 6) is -0.591. The van der Waals surface area contributed by atoms with Crippen molar-refractivity contribution in [3.63, 3.8) is 0 Å². The van der Waals surface area contributed by atoms with E-state index in [2.05, 4.69) is 15.5 Å². The number of esters is 1. The second kappa shape index (κ2) is 11.2. The van der Waals surface area contributed by atoms with Crippen LogP contribution in [-0.4, -0.2) is 29.2 Å². The van der Waals surface area contributed by atoms with Gasteiger partial charge in [0.05, 0.1) is 7.11 Å². The average Bonchev–Trinajstić information content (AvgIpc) is 3.56. The van der Waals surface area contributed by atoms with Crippen molar-refractivity contribution in [1.29, 1.82) is 5.26 Å². The molecule has 0 aliphatic heterocycles. The number of thiophene rings is 1. The summed E-state index contributed by atoms with van der Waals surface area (Å²) in [7, 11) is 1.44. The van der Waals surface area contributed by atoms with E-state index in [-0.39, 0.29) is 17.1 Å². The minimum Gasteiger partial charge on any atom is -0.493 e. The van der Waals surface area contributed by atoms with Gasteiger partial charge in [0.2, 0.25) is 5.13 Å². The Labute approximate surface area is 209 Å². The van der Waals surface area contributed by atoms with Crippen LogP contribution < -0.4 is 14.8 Å². The molecular formula is C25H18N4O4S2. The fraction of sp³-hybridized carbons (Fsp3) is 0.0800. The molecule has 0 saturated carbocycles. The molecule has 2 aromatic heterocycles. The Hall–Kier alpha value is -4.33. The lowest BCUT2D eigenvalue weighted by Gasteiger charge is -2.09. The number of methoxy groups -OCH3 is 1. The number of nitriles is 1. The zero-order valence-electron chi connectivity index (χ0n) is 18.4. The molecule has 0 bridgehead atoms. The molecule has 35 heavy (non-hydrogen) atoms. The molecule has 10 heteroatoms. The van der Waals surface area contributed by atoms with E-state index in [0.29, 0.717) is 22.0 Å². The summed E-state index contributed by atoms with van der Waals surface area (Å²) in [5, 5.41) is 23.1. The van der Waals surface area contributed by atoms with E-state index in [1.807, 2.05) is 36.4 Å². The predicted molar refractivity (Wildman–Crippen MR) is 134 cm³/mol. The van der Waals surface area contributed by atoms with Crippen molar-refractivity contribution in [2.75, 3.05) is 12.4 Å². The fourth-order valence-electron chi connectivity index (χ4n) is 3.03. The molecule has 4 rings (SSSR count). The van der Waals surface area contributed by atoms with Crippen LogP contribution in [0.1, 0.15) is 25.8 Å². The summed E-state index contributed by atoms with van der Waals surface area (Å²) in [5.41, 5.74) is 1.47. The van der Waals surface area contributed by atoms with Crippen LogP contribution in [-0.2, 0) is 11.2 Å². The zero-order valence-corrected chi connectivity index (χ0v) is 20.1. The Morgan fingerprint density at radius 3 is 2.63 bits per heavy atom. The monoisotopic (exact) mass is 502 g/mol. The second-order valence-corrected chi connectivity index (χ2v) is 9.07. The highest BCUT2D eigenvalue weighted by Crippen LogP contribution is 2.30. The van der Waals surface area contributed by atoms with Gasteiger partial charge in [0, 0.05) is 6.42 Å². The van der Waals surface area contributed by atoms with Crippen LogP contribution >= 0.6 is 22.7 Å². The van der Waals surface area contributed by atoms with Crippen molar-refractivity contribution < 1.29 is 19.1 Å². The Morgan fingerprint density at radius 1 is 1.09 bits per heavy atom. The highest BCUT2D eigenvalue weighted by atomic mass is 32.1. The Morgan fingerprint density at radius 2 is 1.91 bits per heavy atom. The average molecular weight is 503 g/mol. The predicted octanol–water partition coefficient (Wildman–Crippen LogP) is 4.96. The smallest absolute Gasteiger partial charge is 0.353 e. The van der Waals surface area contributed by atoms with Gasteiger partial charge in [-0.2, -0.15) is 5.26 Å². The molecule has 0 atom stereocenters. The van der Waals surface area contributed by atoms with Gasteiger partial charge in [-0.05, 0) is 40.8 Å². The number of nitrogens with zero attached hydrogens (tertiary/aromatic N) is 3. The molecule has 1 N–H and O–H groups in total. The number of hydrogen-bond acceptors (Lipinski definition) is 9. The first kappa shape index (κ1) is 23.8. The third kappa shape index (κ3) is 6.17. The molecule has 2 heterocycles. The molecule has 0 unspecified atom stereocenters. The number of aromatic nitrogens is 2. The van der Waals surface area contributed by atoms with Gasteiger partial charge in [0.15, 0.2) is 11.5 Å². The first-order valence-corrected chi connectivity index (χ1v) is 12.0. The minimum absolute atomic E-state index is 0.129. The molecule has 0 aliphatic carbocycles. The molecule has 8 nitrogen and oxygen atoms in total. The molecule has 174 valence electrons. The van der Waals surface area contributed by atoms with Crippen molar-refractivity contribution in [3.8, 4) is 17.6 Å². The maximum atomic E-state index is 12.7. The lowest BCUT2D eigenvalue weighted by atomic mass is 10.1. The van der Waals surface area contributed by atoms with Crippen molar-refractivity contribution in [3.05, 3.63) is 92.6 Å². The number of anilines is 1. The lowest BCUT2D eigenvalue weighted by Crippen LogP contribution is -2.13. The Bertz CT molecular complexity index is 1410. The van der Waals surface area contributed by atoms with Crippen LogP contribution in [0, 0.1) is 11.3 Å². The van der Waals surface area contributed by atoms with Gasteiger partial charge in [0.25, 0.3) is 5.91 Å². The third-order valence-electron chi connectivity index (χ3n) is 4.67. The first-order valence-electron chi connectivity index (χ1n) is 10.3. The number of benzene rings is 2. The van der Waals surface area contributed by atoms with Gasteiger partial charge in [-0.1, -0.05) is 53.8 Å². The van der Waals surface area contributed by atoms with E-state index in [0.717, 1.165) is 10.6 Å². The highest BCUT2D eigenvalue weighted by Gasteiger charge is 2.16. The number of carbonyl (C=O) groups is 2. The topological polar surface area (TPSA) is 114 Å².